The first-order valence-corrected chi connectivity index (χ1v) is 11.3. The van der Waals surface area contributed by atoms with E-state index in [1.165, 1.54) is 11.0 Å². The first-order chi connectivity index (χ1) is 14.9. The van der Waals surface area contributed by atoms with Crippen molar-refractivity contribution in [2.24, 2.45) is 0 Å². The van der Waals surface area contributed by atoms with Crippen LogP contribution in [0.15, 0.2) is 24.3 Å². The number of nitrogens with one attached hydrogen (secondary N) is 2. The maximum Gasteiger partial charge on any atom is 0.408 e. The topological polar surface area (TPSA) is 108 Å². The number of hydrogen-bond donors (Lipinski definition) is 3. The van der Waals surface area contributed by atoms with E-state index in [0.29, 0.717) is 12.0 Å². The third-order valence-corrected chi connectivity index (χ3v) is 4.75. The summed E-state index contributed by atoms with van der Waals surface area (Å²) < 4.78 is 5.25. The molecule has 1 rings (SSSR count). The molecular weight excluding hydrogens is 410 g/mol. The number of amides is 3. The number of phenolic OH excluding ortho intramolecular Hbond substituents is 1. The molecular formula is C24H39N3O5. The van der Waals surface area contributed by atoms with Crippen molar-refractivity contribution in [3.63, 3.8) is 0 Å². The Bertz CT molecular complexity index is 775. The summed E-state index contributed by atoms with van der Waals surface area (Å²) in [5, 5.41) is 16.0. The van der Waals surface area contributed by atoms with E-state index in [0.717, 1.165) is 12.8 Å². The standard InChI is InChI=1S/C24H39N3O5/c1-8-12-16(3)25-21(29)20(18-13-10-11-14-19(18)28)27(15-9-2)22(30)17(4)26-23(31)32-24(5,6)7/h10-11,13-14,16-17,20,28H,8-9,12,15H2,1-7H3,(H,25,29)(H,26,31). The molecule has 0 spiro atoms. The second kappa shape index (κ2) is 12.3. The lowest BCUT2D eigenvalue weighted by molar-refractivity contribution is -0.142. The minimum absolute atomic E-state index is 0.0718. The molecule has 32 heavy (non-hydrogen) atoms. The van der Waals surface area contributed by atoms with Crippen molar-refractivity contribution in [1.29, 1.82) is 0 Å². The van der Waals surface area contributed by atoms with Crippen LogP contribution < -0.4 is 10.6 Å². The molecule has 1 aromatic carbocycles. The van der Waals surface area contributed by atoms with Gasteiger partial charge in [-0.2, -0.15) is 0 Å². The Morgan fingerprint density at radius 3 is 2.22 bits per heavy atom. The molecule has 3 atom stereocenters. The van der Waals surface area contributed by atoms with E-state index < -0.39 is 29.7 Å². The van der Waals surface area contributed by atoms with Crippen LogP contribution in [0.3, 0.4) is 0 Å². The van der Waals surface area contributed by atoms with E-state index >= 15 is 0 Å². The number of carbonyl (C=O) groups excluding carboxylic acids is 3. The quantitative estimate of drug-likeness (QED) is 0.502. The molecule has 0 radical (unpaired) electrons. The normalized spacial score (nSPS) is 14.1. The van der Waals surface area contributed by atoms with Gasteiger partial charge < -0.3 is 25.4 Å². The number of benzene rings is 1. The third kappa shape index (κ3) is 8.40. The van der Waals surface area contributed by atoms with Crippen LogP contribution in [0, 0.1) is 0 Å². The monoisotopic (exact) mass is 449 g/mol. The van der Waals surface area contributed by atoms with Crippen LogP contribution in [0.5, 0.6) is 5.75 Å². The second-order valence-electron chi connectivity index (χ2n) is 9.06. The Morgan fingerprint density at radius 1 is 1.06 bits per heavy atom. The van der Waals surface area contributed by atoms with Gasteiger partial charge in [0, 0.05) is 18.2 Å². The number of phenols is 1. The SMILES string of the molecule is CCCC(C)NC(=O)C(c1ccccc1O)N(CCC)C(=O)C(C)NC(=O)OC(C)(C)C. The fourth-order valence-corrected chi connectivity index (χ4v) is 3.40. The van der Waals surface area contributed by atoms with E-state index in [1.54, 1.807) is 45.9 Å². The average Bonchev–Trinajstić information content (AvgIpc) is 2.66. The summed E-state index contributed by atoms with van der Waals surface area (Å²) in [6.45, 7) is 12.9. The first kappa shape index (κ1) is 27.3. The lowest BCUT2D eigenvalue weighted by Crippen LogP contribution is -2.52. The van der Waals surface area contributed by atoms with Crippen molar-refractivity contribution in [3.05, 3.63) is 29.8 Å². The van der Waals surface area contributed by atoms with Gasteiger partial charge in [0.25, 0.3) is 0 Å². The lowest BCUT2D eigenvalue weighted by atomic mass is 10.0. The number of ether oxygens (including phenoxy) is 1. The third-order valence-electron chi connectivity index (χ3n) is 4.75. The summed E-state index contributed by atoms with van der Waals surface area (Å²) in [4.78, 5) is 40.3. The van der Waals surface area contributed by atoms with E-state index in [4.69, 9.17) is 4.74 Å². The van der Waals surface area contributed by atoms with Gasteiger partial charge in [-0.05, 0) is 53.5 Å². The van der Waals surface area contributed by atoms with Crippen molar-refractivity contribution in [2.45, 2.75) is 91.5 Å². The summed E-state index contributed by atoms with van der Waals surface area (Å²) in [6, 6.07) is 4.44. The van der Waals surface area contributed by atoms with Gasteiger partial charge in [-0.25, -0.2) is 4.79 Å². The molecule has 3 unspecified atom stereocenters. The van der Waals surface area contributed by atoms with Crippen molar-refractivity contribution in [1.82, 2.24) is 15.5 Å². The van der Waals surface area contributed by atoms with E-state index in [2.05, 4.69) is 10.6 Å². The Hall–Kier alpha value is -2.77. The van der Waals surface area contributed by atoms with Crippen LogP contribution >= 0.6 is 0 Å². The molecule has 0 aliphatic rings. The smallest absolute Gasteiger partial charge is 0.408 e. The molecule has 8 heteroatoms. The van der Waals surface area contributed by atoms with Crippen molar-refractivity contribution < 1.29 is 24.2 Å². The number of rotatable bonds is 10. The summed E-state index contributed by atoms with van der Waals surface area (Å²) in [5.74, 6) is -0.888. The molecule has 8 nitrogen and oxygen atoms in total. The molecule has 0 bridgehead atoms. The Kier molecular flexibility index (Phi) is 10.5. The highest BCUT2D eigenvalue weighted by molar-refractivity contribution is 5.92. The zero-order valence-corrected chi connectivity index (χ0v) is 20.4. The Balaban J connectivity index is 3.25. The van der Waals surface area contributed by atoms with Crippen molar-refractivity contribution in [2.75, 3.05) is 6.54 Å². The van der Waals surface area contributed by atoms with Crippen LogP contribution in [0.25, 0.3) is 0 Å². The predicted molar refractivity (Wildman–Crippen MR) is 124 cm³/mol. The summed E-state index contributed by atoms with van der Waals surface area (Å²) in [5.41, 5.74) is -0.371. The Labute approximate surface area is 191 Å². The number of nitrogens with zero attached hydrogens (tertiary/aromatic N) is 1. The van der Waals surface area contributed by atoms with Gasteiger partial charge in [0.2, 0.25) is 11.8 Å². The maximum absolute atomic E-state index is 13.4. The molecule has 0 aromatic heterocycles. The second-order valence-corrected chi connectivity index (χ2v) is 9.06. The molecule has 0 saturated carbocycles. The fourth-order valence-electron chi connectivity index (χ4n) is 3.40. The van der Waals surface area contributed by atoms with Gasteiger partial charge in [0.15, 0.2) is 0 Å². The van der Waals surface area contributed by atoms with E-state index in [9.17, 15) is 19.5 Å². The van der Waals surface area contributed by atoms with Gasteiger partial charge in [-0.1, -0.05) is 38.5 Å². The highest BCUT2D eigenvalue weighted by Gasteiger charge is 2.35. The van der Waals surface area contributed by atoms with Gasteiger partial charge in [0.05, 0.1) is 0 Å². The number of aromatic hydroxyl groups is 1. The number of hydrogen-bond acceptors (Lipinski definition) is 5. The van der Waals surface area contributed by atoms with Crippen LogP contribution in [-0.4, -0.2) is 52.1 Å². The summed E-state index contributed by atoms with van der Waals surface area (Å²) in [7, 11) is 0. The molecule has 0 aliphatic carbocycles. The average molecular weight is 450 g/mol. The summed E-state index contributed by atoms with van der Waals surface area (Å²) >= 11 is 0. The minimum Gasteiger partial charge on any atom is -0.508 e. The maximum atomic E-state index is 13.4. The highest BCUT2D eigenvalue weighted by Crippen LogP contribution is 2.30. The summed E-state index contributed by atoms with van der Waals surface area (Å²) in [6.07, 6.45) is 1.57. The minimum atomic E-state index is -1.04. The van der Waals surface area contributed by atoms with Gasteiger partial charge >= 0.3 is 6.09 Å². The zero-order valence-electron chi connectivity index (χ0n) is 20.4. The van der Waals surface area contributed by atoms with Crippen LogP contribution in [-0.2, 0) is 14.3 Å². The van der Waals surface area contributed by atoms with Gasteiger partial charge in [-0.3, -0.25) is 9.59 Å². The van der Waals surface area contributed by atoms with Crippen LogP contribution in [0.4, 0.5) is 4.79 Å². The molecule has 0 heterocycles. The first-order valence-electron chi connectivity index (χ1n) is 11.3. The fraction of sp³-hybridized carbons (Fsp3) is 0.625. The van der Waals surface area contributed by atoms with Crippen LogP contribution in [0.2, 0.25) is 0 Å². The van der Waals surface area contributed by atoms with Crippen LogP contribution in [0.1, 0.15) is 79.3 Å². The lowest BCUT2D eigenvalue weighted by Gasteiger charge is -2.34. The van der Waals surface area contributed by atoms with Gasteiger partial charge in [0.1, 0.15) is 23.4 Å². The molecule has 3 N–H and O–H groups in total. The zero-order chi connectivity index (χ0) is 24.5. The highest BCUT2D eigenvalue weighted by atomic mass is 16.6. The van der Waals surface area contributed by atoms with E-state index in [1.807, 2.05) is 20.8 Å². The van der Waals surface area contributed by atoms with Crippen molar-refractivity contribution in [3.8, 4) is 5.75 Å². The number of carbonyl (C=O) groups is 3. The molecule has 0 fully saturated rings. The molecule has 180 valence electrons. The van der Waals surface area contributed by atoms with E-state index in [-0.39, 0.29) is 24.2 Å². The predicted octanol–water partition coefficient (Wildman–Crippen LogP) is 3.89. The molecule has 1 aromatic rings. The molecule has 0 aliphatic heterocycles. The number of alkyl carbamates (subject to hydrolysis) is 1. The molecule has 0 saturated heterocycles. The largest absolute Gasteiger partial charge is 0.508 e. The van der Waals surface area contributed by atoms with Crippen molar-refractivity contribution >= 4 is 17.9 Å². The Morgan fingerprint density at radius 2 is 1.69 bits per heavy atom. The molecule has 3 amide bonds. The number of para-hydroxylation sites is 1. The van der Waals surface area contributed by atoms with Gasteiger partial charge in [-0.15, -0.1) is 0 Å².